The summed E-state index contributed by atoms with van der Waals surface area (Å²) in [4.78, 5) is 0. The van der Waals surface area contributed by atoms with Gasteiger partial charge in [-0.25, -0.2) is 0 Å². The number of hydrogen-bond acceptors (Lipinski definition) is 0. The summed E-state index contributed by atoms with van der Waals surface area (Å²) in [6.45, 7) is 10.2. The Balaban J connectivity index is 0.000000198. The summed E-state index contributed by atoms with van der Waals surface area (Å²) in [7, 11) is 0. The molecule has 0 aliphatic rings. The molecule has 0 nitrogen and oxygen atoms in total. The van der Waals surface area contributed by atoms with Crippen LogP contribution in [0.4, 0.5) is 0 Å². The van der Waals surface area contributed by atoms with Crippen LogP contribution < -0.4 is 0 Å². The van der Waals surface area contributed by atoms with Crippen molar-refractivity contribution in [3.8, 4) is 0 Å². The summed E-state index contributed by atoms with van der Waals surface area (Å²) in [5.74, 6) is 0. The molecule has 0 saturated heterocycles. The van der Waals surface area contributed by atoms with Gasteiger partial charge in [0.2, 0.25) is 0 Å². The summed E-state index contributed by atoms with van der Waals surface area (Å²) in [5.41, 5.74) is 2.69. The Morgan fingerprint density at radius 2 is 0.912 bits per heavy atom. The molecule has 0 unspecified atom stereocenters. The number of aryl methyl sites for hydroxylation is 2. The van der Waals surface area contributed by atoms with Gasteiger partial charge in [0.15, 0.2) is 0 Å². The first-order valence-electron chi connectivity index (χ1n) is 11.3. The molecule has 6 aromatic rings. The predicted molar refractivity (Wildman–Crippen MR) is 155 cm³/mol. The Kier molecular flexibility index (Phi) is 11.5. The molecule has 0 aromatic heterocycles. The summed E-state index contributed by atoms with van der Waals surface area (Å²) >= 11 is 1.58. The quantitative estimate of drug-likeness (QED) is 0.129. The molecular weight excluding hydrogens is 527 g/mol. The molecule has 6 rings (SSSR count). The molecule has 6 aromatic carbocycles. The van der Waals surface area contributed by atoms with Crippen LogP contribution in [0.15, 0.2) is 97.1 Å². The minimum atomic E-state index is 0. The van der Waals surface area contributed by atoms with E-state index in [4.69, 9.17) is 0 Å². The van der Waals surface area contributed by atoms with Crippen LogP contribution in [0.1, 0.15) is 25.0 Å². The fraction of sp³-hybridized carbons (Fsp3) is 0.129. The van der Waals surface area contributed by atoms with E-state index >= 15 is 0 Å². The van der Waals surface area contributed by atoms with Gasteiger partial charge in [0, 0.05) is 0 Å². The summed E-state index contributed by atoms with van der Waals surface area (Å²) in [6.07, 6.45) is 2.00. The Morgan fingerprint density at radius 1 is 0.588 bits per heavy atom. The first-order chi connectivity index (χ1) is 16.1. The van der Waals surface area contributed by atoms with Crippen LogP contribution in [-0.2, 0) is 23.3 Å². The van der Waals surface area contributed by atoms with Crippen molar-refractivity contribution in [2.75, 3.05) is 0 Å². The molecule has 0 atom stereocenters. The molecule has 0 fully saturated rings. The van der Waals surface area contributed by atoms with Crippen molar-refractivity contribution in [2.45, 2.75) is 27.7 Å². The summed E-state index contributed by atoms with van der Waals surface area (Å²) in [6, 6.07) is 34.9. The van der Waals surface area contributed by atoms with E-state index in [1.54, 1.807) is 23.3 Å². The van der Waals surface area contributed by atoms with Crippen molar-refractivity contribution < 1.29 is 23.3 Å². The molecule has 0 N–H and O–H groups in total. The van der Waals surface area contributed by atoms with E-state index in [0.717, 1.165) is 0 Å². The minimum absolute atomic E-state index is 0. The number of rotatable bonds is 0. The number of fused-ring (bicyclic) bond motifs is 6. The molecule has 174 valence electrons. The van der Waals surface area contributed by atoms with E-state index in [-0.39, 0.29) is 12.4 Å². The molecule has 0 aliphatic carbocycles. The monoisotopic (exact) mass is 557 g/mol. The number of halogens is 1. The van der Waals surface area contributed by atoms with Crippen LogP contribution in [0.2, 0.25) is 0 Å². The predicted octanol–water partition coefficient (Wildman–Crippen LogP) is 8.77. The van der Waals surface area contributed by atoms with Gasteiger partial charge in [-0.2, -0.15) is 26.0 Å². The van der Waals surface area contributed by atoms with Crippen LogP contribution in [0, 0.1) is 20.3 Å². The normalized spacial score (nSPS) is 9.85. The van der Waals surface area contributed by atoms with Crippen LogP contribution >= 0.6 is 12.4 Å². The fourth-order valence-corrected chi connectivity index (χ4v) is 4.23. The van der Waals surface area contributed by atoms with E-state index in [9.17, 15) is 0 Å². The first kappa shape index (κ1) is 28.2. The van der Waals surface area contributed by atoms with Crippen LogP contribution in [0.25, 0.3) is 43.1 Å². The van der Waals surface area contributed by atoms with Crippen molar-refractivity contribution in [2.24, 2.45) is 0 Å². The van der Waals surface area contributed by atoms with Gasteiger partial charge in [-0.15, -0.1) is 69.3 Å². The van der Waals surface area contributed by atoms with Crippen molar-refractivity contribution in [1.82, 2.24) is 0 Å². The van der Waals surface area contributed by atoms with Gasteiger partial charge in [-0.3, -0.25) is 0 Å². The zero-order valence-electron chi connectivity index (χ0n) is 20.4. The average Bonchev–Trinajstić information content (AvgIpc) is 3.42. The van der Waals surface area contributed by atoms with E-state index < -0.39 is 0 Å². The fourth-order valence-electron chi connectivity index (χ4n) is 4.23. The molecule has 0 spiro atoms. The van der Waals surface area contributed by atoms with Gasteiger partial charge in [0.05, 0.1) is 0 Å². The van der Waals surface area contributed by atoms with Crippen LogP contribution in [-0.4, -0.2) is 6.88 Å². The molecule has 0 heterocycles. The Hall–Kier alpha value is -1.99. The third-order valence-corrected chi connectivity index (χ3v) is 5.52. The van der Waals surface area contributed by atoms with Gasteiger partial charge in [-0.1, -0.05) is 96.1 Å². The van der Waals surface area contributed by atoms with Crippen molar-refractivity contribution in [3.05, 3.63) is 115 Å². The van der Waals surface area contributed by atoms with Gasteiger partial charge >= 0.3 is 30.2 Å². The second-order valence-corrected chi connectivity index (χ2v) is 8.22. The number of benzene rings is 4. The molecule has 0 aliphatic heterocycles. The topological polar surface area (TPSA) is 0 Å². The van der Waals surface area contributed by atoms with Crippen molar-refractivity contribution >= 4 is 62.4 Å². The maximum absolute atomic E-state index is 2.26. The molecule has 3 heteroatoms. The van der Waals surface area contributed by atoms with Gasteiger partial charge < -0.3 is 6.42 Å². The second-order valence-electron chi connectivity index (χ2n) is 8.22. The molecule has 0 saturated carbocycles. The third kappa shape index (κ3) is 6.57. The zero-order chi connectivity index (χ0) is 23.8. The molecular formula is C31H32ClSiZr-3. The van der Waals surface area contributed by atoms with E-state index in [1.165, 1.54) is 54.2 Å². The Morgan fingerprint density at radius 3 is 1.29 bits per heavy atom. The standard InChI is InChI=1S/2C14H11.C3H7.ClH.H2Si.Zr/c2*1-10-8-12-7-6-11-4-2-3-5-13(11)14(12)9-10;1-3-2;;;/h2*2-9H,1H3;3H,1-2H3;1H;1H2;/q3*-1;;;. The first-order valence-corrected chi connectivity index (χ1v) is 17.2. The van der Waals surface area contributed by atoms with E-state index in [0.29, 0.717) is 0 Å². The third-order valence-electron chi connectivity index (χ3n) is 5.52. The molecule has 0 radical (unpaired) electrons. The van der Waals surface area contributed by atoms with E-state index in [2.05, 4.69) is 111 Å². The van der Waals surface area contributed by atoms with Crippen LogP contribution in [0.5, 0.6) is 0 Å². The van der Waals surface area contributed by atoms with Crippen molar-refractivity contribution in [1.29, 1.82) is 0 Å². The second kappa shape index (κ2) is 13.8. The maximum atomic E-state index is 2.26. The molecule has 0 bridgehead atoms. The van der Waals surface area contributed by atoms with Crippen molar-refractivity contribution in [3.63, 3.8) is 0 Å². The van der Waals surface area contributed by atoms with Gasteiger partial charge in [0.25, 0.3) is 0 Å². The summed E-state index contributed by atoms with van der Waals surface area (Å²) < 4.78 is 0. The Bertz CT molecular complexity index is 1360. The molecule has 0 amide bonds. The number of hydrogen-bond donors (Lipinski definition) is 0. The average molecular weight is 559 g/mol. The summed E-state index contributed by atoms with van der Waals surface area (Å²) in [5, 5.41) is 10.8. The SMILES string of the molecule is C[CH-]C.Cc1cc2ccc3ccccc3c2[cH-]1.Cc1cc2ccc3ccccc3c2[cH-]1.Cl.[SiH2]=[Zr]. The van der Waals surface area contributed by atoms with Gasteiger partial charge in [0.1, 0.15) is 0 Å². The van der Waals surface area contributed by atoms with Gasteiger partial charge in [-0.05, 0) is 0 Å². The molecule has 34 heavy (non-hydrogen) atoms. The van der Waals surface area contributed by atoms with Crippen LogP contribution in [0.3, 0.4) is 0 Å². The zero-order valence-corrected chi connectivity index (χ0v) is 25.1. The van der Waals surface area contributed by atoms with E-state index in [1.807, 2.05) is 27.1 Å². The Labute approximate surface area is 226 Å².